The fourth-order valence-corrected chi connectivity index (χ4v) is 6.13. The number of nitrogens with one attached hydrogen (secondary N) is 1. The topological polar surface area (TPSA) is 204 Å². The standard InChI is InChI=1S/C22H18N6O8S2/c23-14-5-12(25-36-14)16(26-35-8-15(29)30)19(31)24-17-20(32)28-18(22(33)34)11(9-38-21(17)28)7-27-3-1-13-10(6-27)2-4-37-13/h1-6,17,21H,7-9H2,(H4-,23,24,25,29,30,31,33,34)/b26-16+/t17?,21-/m1/s1. The number of anilines is 1. The van der Waals surface area contributed by atoms with Gasteiger partial charge in [0.2, 0.25) is 12.5 Å². The summed E-state index contributed by atoms with van der Waals surface area (Å²) < 4.78 is 7.66. The third kappa shape index (κ3) is 4.78. The van der Waals surface area contributed by atoms with Crippen LogP contribution in [0.4, 0.5) is 5.88 Å². The summed E-state index contributed by atoms with van der Waals surface area (Å²) in [6, 6.07) is 3.97. The molecule has 0 spiro atoms. The average molecular weight is 559 g/mol. The van der Waals surface area contributed by atoms with Crippen molar-refractivity contribution < 1.29 is 43.3 Å². The van der Waals surface area contributed by atoms with Crippen LogP contribution in [0.15, 0.2) is 56.9 Å². The first-order valence-corrected chi connectivity index (χ1v) is 12.9. The van der Waals surface area contributed by atoms with Crippen LogP contribution in [0.25, 0.3) is 10.1 Å². The number of thioether (sulfide) groups is 1. The first-order chi connectivity index (χ1) is 18.2. The summed E-state index contributed by atoms with van der Waals surface area (Å²) in [5.41, 5.74) is 5.13. The number of rotatable bonds is 9. The van der Waals surface area contributed by atoms with Crippen molar-refractivity contribution in [3.05, 3.63) is 52.9 Å². The molecule has 0 saturated carbocycles. The molecule has 0 bridgehead atoms. The van der Waals surface area contributed by atoms with Gasteiger partial charge in [-0.05, 0) is 11.4 Å². The molecule has 2 aliphatic heterocycles. The number of carbonyl (C=O) groups excluding carboxylic acids is 3. The molecule has 1 unspecified atom stereocenters. The van der Waals surface area contributed by atoms with Gasteiger partial charge < -0.3 is 35.4 Å². The number of carbonyl (C=O) groups is 4. The fraction of sp³-hybridized carbons (Fsp3) is 0.227. The molecule has 1 saturated heterocycles. The number of nitrogens with two attached hydrogens (primary N) is 1. The number of nitrogen functional groups attached to an aromatic ring is 1. The van der Waals surface area contributed by atoms with Crippen molar-refractivity contribution >= 4 is 68.5 Å². The summed E-state index contributed by atoms with van der Waals surface area (Å²) in [5, 5.41) is 32.7. The number of nitrogens with zero attached hydrogens (tertiary/aromatic N) is 4. The lowest BCUT2D eigenvalue weighted by atomic mass is 10.0. The predicted molar refractivity (Wildman–Crippen MR) is 130 cm³/mol. The normalized spacial score (nSPS) is 19.2. The Bertz CT molecular complexity index is 1530. The van der Waals surface area contributed by atoms with Gasteiger partial charge in [0, 0.05) is 28.2 Å². The molecule has 5 rings (SSSR count). The lowest BCUT2D eigenvalue weighted by Crippen LogP contribution is -2.71. The van der Waals surface area contributed by atoms with Crippen molar-refractivity contribution in [2.24, 2.45) is 5.16 Å². The lowest BCUT2D eigenvalue weighted by molar-refractivity contribution is -0.687. The zero-order valence-corrected chi connectivity index (χ0v) is 20.9. The minimum atomic E-state index is -1.50. The van der Waals surface area contributed by atoms with Crippen molar-refractivity contribution in [3.8, 4) is 0 Å². The van der Waals surface area contributed by atoms with Gasteiger partial charge in [0.05, 0.1) is 17.1 Å². The first kappa shape index (κ1) is 25.2. The molecule has 16 heteroatoms. The maximum atomic E-state index is 13.0. The zero-order chi connectivity index (χ0) is 27.0. The highest BCUT2D eigenvalue weighted by molar-refractivity contribution is 8.00. The van der Waals surface area contributed by atoms with Crippen LogP contribution >= 0.6 is 23.1 Å². The quantitative estimate of drug-likeness (QED) is 0.121. The van der Waals surface area contributed by atoms with Crippen molar-refractivity contribution in [1.29, 1.82) is 0 Å². The van der Waals surface area contributed by atoms with Crippen LogP contribution in [-0.2, 0) is 30.6 Å². The number of oxime groups is 1. The van der Waals surface area contributed by atoms with Crippen LogP contribution in [0.5, 0.6) is 0 Å². The van der Waals surface area contributed by atoms with E-state index in [9.17, 15) is 24.3 Å². The summed E-state index contributed by atoms with van der Waals surface area (Å²) >= 11 is 2.87. The van der Waals surface area contributed by atoms with Gasteiger partial charge in [0.25, 0.3) is 11.8 Å². The largest absolute Gasteiger partial charge is 0.543 e. The van der Waals surface area contributed by atoms with Gasteiger partial charge in [-0.2, -0.15) is 0 Å². The highest BCUT2D eigenvalue weighted by Crippen LogP contribution is 2.40. The third-order valence-corrected chi connectivity index (χ3v) is 7.92. The molecule has 0 aromatic carbocycles. The van der Waals surface area contributed by atoms with Crippen molar-refractivity contribution in [2.45, 2.75) is 18.0 Å². The Morgan fingerprint density at radius 3 is 2.92 bits per heavy atom. The van der Waals surface area contributed by atoms with E-state index in [1.807, 2.05) is 34.5 Å². The van der Waals surface area contributed by atoms with E-state index in [-0.39, 0.29) is 29.6 Å². The lowest BCUT2D eigenvalue weighted by Gasteiger charge is -2.50. The number of fused-ring (bicyclic) bond motifs is 2. The van der Waals surface area contributed by atoms with E-state index in [0.717, 1.165) is 15.0 Å². The Morgan fingerprint density at radius 2 is 2.21 bits per heavy atom. The van der Waals surface area contributed by atoms with Crippen molar-refractivity contribution in [3.63, 3.8) is 0 Å². The van der Waals surface area contributed by atoms with Crippen LogP contribution in [-0.4, -0.2) is 68.4 Å². The van der Waals surface area contributed by atoms with E-state index >= 15 is 0 Å². The molecule has 5 heterocycles. The number of carboxylic acid groups (broad SMARTS) is 2. The smallest absolute Gasteiger partial charge is 0.344 e. The highest BCUT2D eigenvalue weighted by Gasteiger charge is 2.53. The van der Waals surface area contributed by atoms with Gasteiger partial charge in [-0.25, -0.2) is 9.36 Å². The van der Waals surface area contributed by atoms with E-state index in [1.165, 1.54) is 17.8 Å². The molecular formula is C22H18N6O8S2. The number of carboxylic acids is 2. The molecule has 196 valence electrons. The first-order valence-electron chi connectivity index (χ1n) is 10.9. The van der Waals surface area contributed by atoms with Crippen molar-refractivity contribution in [2.75, 3.05) is 18.1 Å². The average Bonchev–Trinajstić information content (AvgIpc) is 3.52. The molecule has 3 aromatic rings. The maximum Gasteiger partial charge on any atom is 0.344 e. The zero-order valence-electron chi connectivity index (χ0n) is 19.2. The molecule has 38 heavy (non-hydrogen) atoms. The van der Waals surface area contributed by atoms with Crippen LogP contribution in [0, 0.1) is 0 Å². The minimum Gasteiger partial charge on any atom is -0.543 e. The van der Waals surface area contributed by atoms with E-state index in [0.29, 0.717) is 5.57 Å². The van der Waals surface area contributed by atoms with E-state index in [4.69, 9.17) is 15.4 Å². The molecule has 1 fully saturated rings. The molecular weight excluding hydrogens is 540 g/mol. The summed E-state index contributed by atoms with van der Waals surface area (Å²) in [7, 11) is 0. The van der Waals surface area contributed by atoms with Gasteiger partial charge in [-0.15, -0.1) is 23.1 Å². The number of thiophene rings is 1. The number of β-lactam (4-membered cyclic amide) rings is 1. The second-order valence-corrected chi connectivity index (χ2v) is 10.2. The molecule has 2 atom stereocenters. The minimum absolute atomic E-state index is 0.139. The van der Waals surface area contributed by atoms with Crippen molar-refractivity contribution in [1.82, 2.24) is 15.4 Å². The molecule has 2 amide bonds. The van der Waals surface area contributed by atoms with Gasteiger partial charge in [-0.3, -0.25) is 14.5 Å². The molecule has 14 nitrogen and oxygen atoms in total. The number of amides is 2. The van der Waals surface area contributed by atoms with Gasteiger partial charge in [0.1, 0.15) is 17.1 Å². The second-order valence-electron chi connectivity index (χ2n) is 8.18. The van der Waals surface area contributed by atoms with E-state index < -0.39 is 47.5 Å². The Kier molecular flexibility index (Phi) is 6.73. The van der Waals surface area contributed by atoms with Crippen LogP contribution in [0.1, 0.15) is 5.69 Å². The van der Waals surface area contributed by atoms with E-state index in [2.05, 4.69) is 20.5 Å². The Labute approximate surface area is 221 Å². The molecule has 2 aliphatic rings. The SMILES string of the molecule is Nc1cc(/C(=N\OCC(=O)O)C(=O)NC2C(=O)N3C(C(=O)[O-])=C(C[n+]4ccc5sccc5c4)CS[C@H]23)no1. The predicted octanol–water partition coefficient (Wildman–Crippen LogP) is -1.33. The highest BCUT2D eigenvalue weighted by atomic mass is 32.2. The summed E-state index contributed by atoms with van der Waals surface area (Å²) in [5.74, 6) is -4.27. The fourth-order valence-electron chi connectivity index (χ4n) is 4.04. The van der Waals surface area contributed by atoms with Gasteiger partial charge >= 0.3 is 5.97 Å². The summed E-state index contributed by atoms with van der Waals surface area (Å²) in [4.78, 5) is 54.5. The second kappa shape index (κ2) is 10.1. The third-order valence-electron chi connectivity index (χ3n) is 5.68. The molecule has 0 radical (unpaired) electrons. The molecule has 4 N–H and O–H groups in total. The van der Waals surface area contributed by atoms with Crippen LogP contribution in [0.3, 0.4) is 0 Å². The Morgan fingerprint density at radius 1 is 1.39 bits per heavy atom. The summed E-state index contributed by atoms with van der Waals surface area (Å²) in [6.45, 7) is -0.598. The Hall–Kier alpha value is -4.44. The Balaban J connectivity index is 1.34. The number of pyridine rings is 1. The van der Waals surface area contributed by atoms with Gasteiger partial charge in [-0.1, -0.05) is 10.3 Å². The molecule has 0 aliphatic carbocycles. The number of aliphatic carboxylic acids is 2. The monoisotopic (exact) mass is 558 g/mol. The van der Waals surface area contributed by atoms with Crippen LogP contribution < -0.4 is 20.7 Å². The summed E-state index contributed by atoms with van der Waals surface area (Å²) in [6.07, 6.45) is 3.73. The number of hydrogen-bond donors (Lipinski definition) is 3. The van der Waals surface area contributed by atoms with Gasteiger partial charge in [0.15, 0.2) is 24.7 Å². The number of hydrogen-bond acceptors (Lipinski definition) is 12. The number of aromatic nitrogens is 2. The molecule has 3 aromatic heterocycles. The van der Waals surface area contributed by atoms with E-state index in [1.54, 1.807) is 11.3 Å². The van der Waals surface area contributed by atoms with Crippen LogP contribution in [0.2, 0.25) is 0 Å². The maximum absolute atomic E-state index is 13.0.